The van der Waals surface area contributed by atoms with Gasteiger partial charge in [0.05, 0.1) is 6.54 Å². The Labute approximate surface area is 137 Å². The van der Waals surface area contributed by atoms with E-state index in [-0.39, 0.29) is 11.7 Å². The molecule has 0 spiro atoms. The SMILES string of the molecule is Cc1cccc(C)c1NC(=O)CN(C)CCc1ccc(F)cc1. The molecule has 122 valence electrons. The second-order valence-corrected chi connectivity index (χ2v) is 5.93. The Morgan fingerprint density at radius 1 is 1.09 bits per heavy atom. The Balaban J connectivity index is 1.84. The molecule has 0 aliphatic heterocycles. The Hall–Kier alpha value is -2.20. The van der Waals surface area contributed by atoms with Crippen molar-refractivity contribution in [1.82, 2.24) is 4.90 Å². The maximum absolute atomic E-state index is 12.9. The number of hydrogen-bond acceptors (Lipinski definition) is 2. The molecule has 2 aromatic carbocycles. The lowest BCUT2D eigenvalue weighted by Crippen LogP contribution is -2.32. The van der Waals surface area contributed by atoms with Crippen molar-refractivity contribution < 1.29 is 9.18 Å². The summed E-state index contributed by atoms with van der Waals surface area (Å²) < 4.78 is 12.9. The number of rotatable bonds is 6. The number of halogens is 1. The highest BCUT2D eigenvalue weighted by molar-refractivity contribution is 5.93. The average molecular weight is 314 g/mol. The van der Waals surface area contributed by atoms with Crippen LogP contribution >= 0.6 is 0 Å². The summed E-state index contributed by atoms with van der Waals surface area (Å²) >= 11 is 0. The summed E-state index contributed by atoms with van der Waals surface area (Å²) in [6.07, 6.45) is 0.785. The standard InChI is InChI=1S/C19H23FN2O/c1-14-5-4-6-15(2)19(14)21-18(23)13-22(3)12-11-16-7-9-17(20)10-8-16/h4-10H,11-13H2,1-3H3,(H,21,23). The van der Waals surface area contributed by atoms with Crippen molar-refractivity contribution in [2.75, 3.05) is 25.5 Å². The lowest BCUT2D eigenvalue weighted by atomic mass is 10.1. The van der Waals surface area contributed by atoms with Crippen LogP contribution in [0.25, 0.3) is 0 Å². The molecule has 4 heteroatoms. The number of nitrogens with one attached hydrogen (secondary N) is 1. The molecule has 0 aliphatic rings. The van der Waals surface area contributed by atoms with Gasteiger partial charge in [-0.05, 0) is 56.1 Å². The summed E-state index contributed by atoms with van der Waals surface area (Å²) in [5.41, 5.74) is 4.08. The number of anilines is 1. The van der Waals surface area contributed by atoms with Gasteiger partial charge >= 0.3 is 0 Å². The first-order valence-electron chi connectivity index (χ1n) is 7.75. The molecule has 1 N–H and O–H groups in total. The van der Waals surface area contributed by atoms with Crippen molar-refractivity contribution in [2.24, 2.45) is 0 Å². The van der Waals surface area contributed by atoms with Gasteiger partial charge in [-0.1, -0.05) is 30.3 Å². The van der Waals surface area contributed by atoms with Gasteiger partial charge < -0.3 is 5.32 Å². The monoisotopic (exact) mass is 314 g/mol. The minimum absolute atomic E-state index is 0.0241. The first kappa shape index (κ1) is 17.2. The van der Waals surface area contributed by atoms with Crippen LogP contribution in [0, 0.1) is 19.7 Å². The van der Waals surface area contributed by atoms with E-state index in [9.17, 15) is 9.18 Å². The number of para-hydroxylation sites is 1. The smallest absolute Gasteiger partial charge is 0.238 e. The van der Waals surface area contributed by atoms with E-state index < -0.39 is 0 Å². The van der Waals surface area contributed by atoms with E-state index in [1.807, 2.05) is 44.0 Å². The fraction of sp³-hybridized carbons (Fsp3) is 0.316. The second kappa shape index (κ2) is 7.88. The van der Waals surface area contributed by atoms with E-state index >= 15 is 0 Å². The van der Waals surface area contributed by atoms with E-state index in [0.717, 1.165) is 35.3 Å². The Kier molecular flexibility index (Phi) is 5.88. The third-order valence-corrected chi connectivity index (χ3v) is 3.85. The Morgan fingerprint density at radius 2 is 1.70 bits per heavy atom. The second-order valence-electron chi connectivity index (χ2n) is 5.93. The number of aryl methyl sites for hydroxylation is 2. The molecular weight excluding hydrogens is 291 g/mol. The predicted molar refractivity (Wildman–Crippen MR) is 92.1 cm³/mol. The lowest BCUT2D eigenvalue weighted by molar-refractivity contribution is -0.117. The van der Waals surface area contributed by atoms with Crippen LogP contribution in [0.2, 0.25) is 0 Å². The normalized spacial score (nSPS) is 10.8. The zero-order chi connectivity index (χ0) is 16.8. The van der Waals surface area contributed by atoms with Crippen LogP contribution < -0.4 is 5.32 Å². The van der Waals surface area contributed by atoms with Gasteiger partial charge in [-0.15, -0.1) is 0 Å². The molecule has 0 unspecified atom stereocenters. The minimum atomic E-state index is -0.227. The molecule has 0 bridgehead atoms. The number of nitrogens with zero attached hydrogens (tertiary/aromatic N) is 1. The predicted octanol–water partition coefficient (Wildman–Crippen LogP) is 3.56. The summed E-state index contributed by atoms with van der Waals surface area (Å²) in [6.45, 7) is 5.04. The number of carbonyl (C=O) groups excluding carboxylic acids is 1. The summed E-state index contributed by atoms with van der Waals surface area (Å²) in [7, 11) is 1.91. The van der Waals surface area contributed by atoms with Gasteiger partial charge in [0.2, 0.25) is 5.91 Å². The highest BCUT2D eigenvalue weighted by Gasteiger charge is 2.10. The van der Waals surface area contributed by atoms with Crippen LogP contribution in [0.15, 0.2) is 42.5 Å². The summed E-state index contributed by atoms with van der Waals surface area (Å²) in [5, 5.41) is 2.98. The van der Waals surface area contributed by atoms with Crippen LogP contribution in [0.4, 0.5) is 10.1 Å². The van der Waals surface area contributed by atoms with Crippen LogP contribution in [-0.2, 0) is 11.2 Å². The van der Waals surface area contributed by atoms with Crippen molar-refractivity contribution in [1.29, 1.82) is 0 Å². The molecule has 2 rings (SSSR count). The quantitative estimate of drug-likeness (QED) is 0.884. The zero-order valence-electron chi connectivity index (χ0n) is 13.9. The lowest BCUT2D eigenvalue weighted by Gasteiger charge is -2.17. The first-order valence-corrected chi connectivity index (χ1v) is 7.75. The van der Waals surface area contributed by atoms with Crippen LogP contribution in [0.1, 0.15) is 16.7 Å². The van der Waals surface area contributed by atoms with Gasteiger partial charge in [0.15, 0.2) is 0 Å². The molecule has 0 saturated carbocycles. The van der Waals surface area contributed by atoms with E-state index in [4.69, 9.17) is 0 Å². The summed E-state index contributed by atoms with van der Waals surface area (Å²) in [5.74, 6) is -0.251. The van der Waals surface area contributed by atoms with E-state index in [1.54, 1.807) is 12.1 Å². The third kappa shape index (κ3) is 5.18. The largest absolute Gasteiger partial charge is 0.324 e. The minimum Gasteiger partial charge on any atom is -0.324 e. The maximum atomic E-state index is 12.9. The van der Waals surface area contributed by atoms with Crippen molar-refractivity contribution in [3.8, 4) is 0 Å². The van der Waals surface area contributed by atoms with Crippen molar-refractivity contribution >= 4 is 11.6 Å². The molecule has 0 radical (unpaired) electrons. The maximum Gasteiger partial charge on any atom is 0.238 e. The van der Waals surface area contributed by atoms with Gasteiger partial charge in [-0.2, -0.15) is 0 Å². The topological polar surface area (TPSA) is 32.3 Å². The van der Waals surface area contributed by atoms with E-state index in [2.05, 4.69) is 5.32 Å². The molecule has 0 heterocycles. The number of carbonyl (C=O) groups is 1. The molecule has 0 atom stereocenters. The number of hydrogen-bond donors (Lipinski definition) is 1. The van der Waals surface area contributed by atoms with E-state index in [0.29, 0.717) is 6.54 Å². The van der Waals surface area contributed by atoms with Gasteiger partial charge in [-0.25, -0.2) is 4.39 Å². The van der Waals surface area contributed by atoms with Crippen molar-refractivity contribution in [3.05, 3.63) is 65.0 Å². The molecule has 0 saturated heterocycles. The molecule has 3 nitrogen and oxygen atoms in total. The van der Waals surface area contributed by atoms with Crippen molar-refractivity contribution in [2.45, 2.75) is 20.3 Å². The Bertz CT molecular complexity index is 647. The molecule has 0 fully saturated rings. The molecule has 0 aliphatic carbocycles. The van der Waals surface area contributed by atoms with Crippen LogP contribution in [-0.4, -0.2) is 30.9 Å². The van der Waals surface area contributed by atoms with Crippen LogP contribution in [0.3, 0.4) is 0 Å². The summed E-state index contributed by atoms with van der Waals surface area (Å²) in [4.78, 5) is 14.1. The van der Waals surface area contributed by atoms with Gasteiger partial charge in [0.25, 0.3) is 0 Å². The molecular formula is C19H23FN2O. The average Bonchev–Trinajstić information content (AvgIpc) is 2.50. The molecule has 1 amide bonds. The molecule has 2 aromatic rings. The summed E-state index contributed by atoms with van der Waals surface area (Å²) in [6, 6.07) is 12.4. The first-order chi connectivity index (χ1) is 11.0. The van der Waals surface area contributed by atoms with Gasteiger partial charge in [0, 0.05) is 12.2 Å². The fourth-order valence-electron chi connectivity index (χ4n) is 2.49. The zero-order valence-corrected chi connectivity index (χ0v) is 13.9. The highest BCUT2D eigenvalue weighted by Crippen LogP contribution is 2.19. The van der Waals surface area contributed by atoms with E-state index in [1.165, 1.54) is 12.1 Å². The molecule has 0 aromatic heterocycles. The van der Waals surface area contributed by atoms with Gasteiger partial charge in [-0.3, -0.25) is 9.69 Å². The number of likely N-dealkylation sites (N-methyl/N-ethyl adjacent to an activating group) is 1. The number of amides is 1. The van der Waals surface area contributed by atoms with Gasteiger partial charge in [0.1, 0.15) is 5.82 Å². The molecule has 23 heavy (non-hydrogen) atoms. The Morgan fingerprint density at radius 3 is 2.30 bits per heavy atom. The van der Waals surface area contributed by atoms with Crippen molar-refractivity contribution in [3.63, 3.8) is 0 Å². The third-order valence-electron chi connectivity index (χ3n) is 3.85. The highest BCUT2D eigenvalue weighted by atomic mass is 19.1. The van der Waals surface area contributed by atoms with Crippen LogP contribution in [0.5, 0.6) is 0 Å². The fourth-order valence-corrected chi connectivity index (χ4v) is 2.49. The number of benzene rings is 2.